The zero-order valence-corrected chi connectivity index (χ0v) is 9.36. The second-order valence-corrected chi connectivity index (χ2v) is 4.35. The van der Waals surface area contributed by atoms with Gasteiger partial charge in [0.25, 0.3) is 0 Å². The molecule has 15 heavy (non-hydrogen) atoms. The molecule has 1 heterocycles. The molecule has 0 aliphatic carbocycles. The molecular formula is C13H17NO. The van der Waals surface area contributed by atoms with Crippen molar-refractivity contribution in [2.75, 3.05) is 13.2 Å². The molecule has 0 saturated heterocycles. The van der Waals surface area contributed by atoms with Crippen LogP contribution in [0, 0.1) is 5.92 Å². The Morgan fingerprint density at radius 2 is 2.27 bits per heavy atom. The molecule has 1 aliphatic heterocycles. The highest BCUT2D eigenvalue weighted by Crippen LogP contribution is 2.20. The molecule has 2 rings (SSSR count). The number of nitrogens with zero attached hydrogens (tertiary/aromatic N) is 1. The fourth-order valence-electron chi connectivity index (χ4n) is 1.63. The highest BCUT2D eigenvalue weighted by atomic mass is 16.5. The van der Waals surface area contributed by atoms with Crippen molar-refractivity contribution in [3.8, 4) is 5.75 Å². The minimum absolute atomic E-state index is 0.572. The Kier molecular flexibility index (Phi) is 3.05. The Labute approximate surface area is 91.0 Å². The van der Waals surface area contributed by atoms with Crippen LogP contribution >= 0.6 is 0 Å². The molecule has 0 unspecified atom stereocenters. The van der Waals surface area contributed by atoms with Gasteiger partial charge in [-0.05, 0) is 41.7 Å². The quantitative estimate of drug-likeness (QED) is 0.740. The average molecular weight is 203 g/mol. The third kappa shape index (κ3) is 2.58. The normalized spacial score (nSPS) is 14.1. The van der Waals surface area contributed by atoms with Crippen molar-refractivity contribution >= 4 is 6.21 Å². The third-order valence-corrected chi connectivity index (χ3v) is 2.44. The van der Waals surface area contributed by atoms with Gasteiger partial charge in [-0.3, -0.25) is 4.99 Å². The van der Waals surface area contributed by atoms with E-state index in [4.69, 9.17) is 4.74 Å². The molecule has 0 spiro atoms. The Morgan fingerprint density at radius 3 is 3.07 bits per heavy atom. The van der Waals surface area contributed by atoms with E-state index in [2.05, 4.69) is 31.0 Å². The summed E-state index contributed by atoms with van der Waals surface area (Å²) in [6.07, 6.45) is 2.98. The SMILES string of the molecule is CC(C)COc1ccc2c(c1)CCN=C2. The average Bonchev–Trinajstić information content (AvgIpc) is 2.26. The summed E-state index contributed by atoms with van der Waals surface area (Å²) in [7, 11) is 0. The van der Waals surface area contributed by atoms with Crippen molar-refractivity contribution in [3.63, 3.8) is 0 Å². The lowest BCUT2D eigenvalue weighted by Crippen LogP contribution is -2.07. The molecule has 0 bridgehead atoms. The minimum Gasteiger partial charge on any atom is -0.493 e. The Bertz CT molecular complexity index is 369. The molecule has 0 amide bonds. The first-order chi connectivity index (χ1) is 7.25. The van der Waals surface area contributed by atoms with Crippen LogP contribution in [-0.2, 0) is 6.42 Å². The lowest BCUT2D eigenvalue weighted by atomic mass is 10.0. The maximum Gasteiger partial charge on any atom is 0.119 e. The van der Waals surface area contributed by atoms with Gasteiger partial charge in [-0.2, -0.15) is 0 Å². The lowest BCUT2D eigenvalue weighted by molar-refractivity contribution is 0.271. The van der Waals surface area contributed by atoms with Gasteiger partial charge in [0.05, 0.1) is 6.61 Å². The minimum atomic E-state index is 0.572. The van der Waals surface area contributed by atoms with Gasteiger partial charge in [-0.25, -0.2) is 0 Å². The first-order valence-electron chi connectivity index (χ1n) is 5.51. The van der Waals surface area contributed by atoms with Crippen LogP contribution in [0.15, 0.2) is 23.2 Å². The van der Waals surface area contributed by atoms with Crippen molar-refractivity contribution in [2.24, 2.45) is 10.9 Å². The summed E-state index contributed by atoms with van der Waals surface area (Å²) in [5, 5.41) is 0. The number of hydrogen-bond acceptors (Lipinski definition) is 2. The largest absolute Gasteiger partial charge is 0.493 e. The Balaban J connectivity index is 2.11. The molecule has 0 aromatic heterocycles. The van der Waals surface area contributed by atoms with Crippen molar-refractivity contribution in [1.82, 2.24) is 0 Å². The number of rotatable bonds is 3. The van der Waals surface area contributed by atoms with Gasteiger partial charge in [0.2, 0.25) is 0 Å². The zero-order valence-electron chi connectivity index (χ0n) is 9.36. The summed E-state index contributed by atoms with van der Waals surface area (Å²) < 4.78 is 5.69. The fraction of sp³-hybridized carbons (Fsp3) is 0.462. The standard InChI is InChI=1S/C13H17NO/c1-10(2)9-15-13-4-3-12-8-14-6-5-11(12)7-13/h3-4,7-8,10H,5-6,9H2,1-2H3. The molecule has 2 heteroatoms. The van der Waals surface area contributed by atoms with Crippen LogP contribution < -0.4 is 4.74 Å². The van der Waals surface area contributed by atoms with Gasteiger partial charge in [0.1, 0.15) is 5.75 Å². The summed E-state index contributed by atoms with van der Waals surface area (Å²) in [6.45, 7) is 6.00. The molecule has 0 atom stereocenters. The number of hydrogen-bond donors (Lipinski definition) is 0. The van der Waals surface area contributed by atoms with Crippen LogP contribution in [0.5, 0.6) is 5.75 Å². The smallest absolute Gasteiger partial charge is 0.119 e. The van der Waals surface area contributed by atoms with Crippen molar-refractivity contribution < 1.29 is 4.74 Å². The van der Waals surface area contributed by atoms with Gasteiger partial charge < -0.3 is 4.74 Å². The van der Waals surface area contributed by atoms with Crippen LogP contribution in [0.2, 0.25) is 0 Å². The van der Waals surface area contributed by atoms with E-state index < -0.39 is 0 Å². The van der Waals surface area contributed by atoms with E-state index in [9.17, 15) is 0 Å². The molecule has 0 N–H and O–H groups in total. The van der Waals surface area contributed by atoms with Crippen molar-refractivity contribution in [3.05, 3.63) is 29.3 Å². The van der Waals surface area contributed by atoms with Gasteiger partial charge in [0.15, 0.2) is 0 Å². The van der Waals surface area contributed by atoms with Crippen LogP contribution in [0.4, 0.5) is 0 Å². The van der Waals surface area contributed by atoms with Gasteiger partial charge in [0, 0.05) is 12.8 Å². The highest BCUT2D eigenvalue weighted by Gasteiger charge is 2.06. The van der Waals surface area contributed by atoms with E-state index >= 15 is 0 Å². The summed E-state index contributed by atoms with van der Waals surface area (Å²) in [5.74, 6) is 1.56. The first kappa shape index (κ1) is 10.2. The van der Waals surface area contributed by atoms with Gasteiger partial charge in [-0.15, -0.1) is 0 Å². The van der Waals surface area contributed by atoms with Crippen molar-refractivity contribution in [1.29, 1.82) is 0 Å². The predicted octanol–water partition coefficient (Wildman–Crippen LogP) is 2.70. The molecule has 0 radical (unpaired) electrons. The summed E-state index contributed by atoms with van der Waals surface area (Å²) in [6, 6.07) is 6.26. The summed E-state index contributed by atoms with van der Waals surface area (Å²) >= 11 is 0. The molecule has 1 aromatic carbocycles. The fourth-order valence-corrected chi connectivity index (χ4v) is 1.63. The zero-order chi connectivity index (χ0) is 10.7. The maximum atomic E-state index is 5.69. The van der Waals surface area contributed by atoms with E-state index in [-0.39, 0.29) is 0 Å². The summed E-state index contributed by atoms with van der Waals surface area (Å²) in [4.78, 5) is 4.26. The maximum absolute atomic E-state index is 5.69. The highest BCUT2D eigenvalue weighted by molar-refractivity contribution is 5.83. The topological polar surface area (TPSA) is 21.6 Å². The monoisotopic (exact) mass is 203 g/mol. The van der Waals surface area contributed by atoms with E-state index in [0.717, 1.165) is 25.3 Å². The van der Waals surface area contributed by atoms with Crippen LogP contribution in [-0.4, -0.2) is 19.4 Å². The molecule has 0 saturated carbocycles. The van der Waals surface area contributed by atoms with Gasteiger partial charge in [-0.1, -0.05) is 13.8 Å². The van der Waals surface area contributed by atoms with Gasteiger partial charge >= 0.3 is 0 Å². The number of ether oxygens (including phenoxy) is 1. The van der Waals surface area contributed by atoms with E-state index in [0.29, 0.717) is 5.92 Å². The Hall–Kier alpha value is -1.31. The predicted molar refractivity (Wildman–Crippen MR) is 62.9 cm³/mol. The molecule has 1 aromatic rings. The molecular weight excluding hydrogens is 186 g/mol. The van der Waals surface area contributed by atoms with E-state index in [1.165, 1.54) is 11.1 Å². The number of aliphatic imine (C=N–C) groups is 1. The van der Waals surface area contributed by atoms with E-state index in [1.54, 1.807) is 0 Å². The lowest BCUT2D eigenvalue weighted by Gasteiger charge is -2.13. The molecule has 2 nitrogen and oxygen atoms in total. The van der Waals surface area contributed by atoms with Crippen LogP contribution in [0.1, 0.15) is 25.0 Å². The van der Waals surface area contributed by atoms with Crippen molar-refractivity contribution in [2.45, 2.75) is 20.3 Å². The van der Waals surface area contributed by atoms with E-state index in [1.807, 2.05) is 12.3 Å². The molecule has 0 fully saturated rings. The second-order valence-electron chi connectivity index (χ2n) is 4.35. The number of benzene rings is 1. The molecule has 80 valence electrons. The number of fused-ring (bicyclic) bond motifs is 1. The third-order valence-electron chi connectivity index (χ3n) is 2.44. The van der Waals surface area contributed by atoms with Crippen LogP contribution in [0.25, 0.3) is 0 Å². The van der Waals surface area contributed by atoms with Crippen LogP contribution in [0.3, 0.4) is 0 Å². The molecule has 1 aliphatic rings. The summed E-state index contributed by atoms with van der Waals surface area (Å²) in [5.41, 5.74) is 2.59. The Morgan fingerprint density at radius 1 is 1.40 bits per heavy atom. The first-order valence-corrected chi connectivity index (χ1v) is 5.51. The second kappa shape index (κ2) is 4.47.